The van der Waals surface area contributed by atoms with Gasteiger partial charge in [-0.2, -0.15) is 0 Å². The highest BCUT2D eigenvalue weighted by atomic mass is 32.1. The second-order valence-corrected chi connectivity index (χ2v) is 5.40. The lowest BCUT2D eigenvalue weighted by Crippen LogP contribution is -2.45. The minimum Gasteiger partial charge on any atom is -0.349 e. The van der Waals surface area contributed by atoms with E-state index >= 15 is 0 Å². The summed E-state index contributed by atoms with van der Waals surface area (Å²) in [6.07, 6.45) is 3.59. The molecule has 0 spiro atoms. The minimum absolute atomic E-state index is 0.157. The minimum atomic E-state index is -0.206. The number of hydrogen-bond acceptors (Lipinski definition) is 4. The van der Waals surface area contributed by atoms with Gasteiger partial charge in [0.25, 0.3) is 0 Å². The summed E-state index contributed by atoms with van der Waals surface area (Å²) in [5.74, 6) is 0.157. The molecule has 2 N–H and O–H groups in total. The van der Waals surface area contributed by atoms with Crippen LogP contribution in [0.4, 0.5) is 0 Å². The van der Waals surface area contributed by atoms with Crippen molar-refractivity contribution in [3.63, 3.8) is 0 Å². The lowest BCUT2D eigenvalue weighted by Gasteiger charge is -2.32. The number of nitrogens with zero attached hydrogens (tertiary/aromatic N) is 1. The number of aromatic nitrogens is 1. The third-order valence-corrected chi connectivity index (χ3v) is 3.92. The average molecular weight is 239 g/mol. The molecule has 1 aliphatic rings. The summed E-state index contributed by atoms with van der Waals surface area (Å²) in [6, 6.07) is 0. The Labute approximate surface area is 99.5 Å². The lowest BCUT2D eigenvalue weighted by atomic mass is 9.80. The molecule has 0 radical (unpaired) electrons. The Morgan fingerprint density at radius 1 is 1.62 bits per heavy atom. The van der Waals surface area contributed by atoms with E-state index in [2.05, 4.69) is 15.6 Å². The number of amides is 1. The highest BCUT2D eigenvalue weighted by Crippen LogP contribution is 2.28. The molecule has 0 atom stereocenters. The van der Waals surface area contributed by atoms with Crippen LogP contribution < -0.4 is 10.6 Å². The molecule has 0 aromatic carbocycles. The average Bonchev–Trinajstić information content (AvgIpc) is 2.79. The normalized spacial score (nSPS) is 19.3. The molecule has 88 valence electrons. The van der Waals surface area contributed by atoms with E-state index in [-0.39, 0.29) is 11.3 Å². The predicted molar refractivity (Wildman–Crippen MR) is 64.2 cm³/mol. The van der Waals surface area contributed by atoms with E-state index in [1.807, 2.05) is 12.3 Å². The molecule has 1 amide bonds. The van der Waals surface area contributed by atoms with Crippen LogP contribution in [0.25, 0.3) is 0 Å². The van der Waals surface area contributed by atoms with Gasteiger partial charge in [0.05, 0.1) is 6.54 Å². The SMILES string of the molecule is CC1(C(=O)NCc2nccs2)CCNCC1. The van der Waals surface area contributed by atoms with Gasteiger partial charge in [-0.15, -0.1) is 11.3 Å². The number of thiazole rings is 1. The molecule has 2 rings (SSSR count). The third kappa shape index (κ3) is 2.59. The first-order valence-corrected chi connectivity index (χ1v) is 6.46. The predicted octanol–water partition coefficient (Wildman–Crippen LogP) is 1.15. The molecule has 1 aliphatic heterocycles. The van der Waals surface area contributed by atoms with Crippen molar-refractivity contribution in [3.8, 4) is 0 Å². The quantitative estimate of drug-likeness (QED) is 0.832. The van der Waals surface area contributed by atoms with Crippen molar-refractivity contribution in [1.29, 1.82) is 0 Å². The number of hydrogen-bond donors (Lipinski definition) is 2. The summed E-state index contributed by atoms with van der Waals surface area (Å²) in [5.41, 5.74) is -0.206. The fourth-order valence-electron chi connectivity index (χ4n) is 1.92. The molecule has 1 aromatic rings. The van der Waals surface area contributed by atoms with Gasteiger partial charge < -0.3 is 10.6 Å². The van der Waals surface area contributed by atoms with Crippen LogP contribution in [0.15, 0.2) is 11.6 Å². The summed E-state index contributed by atoms with van der Waals surface area (Å²) in [7, 11) is 0. The topological polar surface area (TPSA) is 54.0 Å². The van der Waals surface area contributed by atoms with Crippen LogP contribution in [-0.2, 0) is 11.3 Å². The largest absolute Gasteiger partial charge is 0.349 e. The second kappa shape index (κ2) is 4.93. The van der Waals surface area contributed by atoms with Gasteiger partial charge in [-0.3, -0.25) is 4.79 Å². The first kappa shape index (κ1) is 11.5. The van der Waals surface area contributed by atoms with Gasteiger partial charge in [0.2, 0.25) is 5.91 Å². The summed E-state index contributed by atoms with van der Waals surface area (Å²) < 4.78 is 0. The van der Waals surface area contributed by atoms with E-state index in [1.165, 1.54) is 0 Å². The number of carbonyl (C=O) groups is 1. The van der Waals surface area contributed by atoms with Gasteiger partial charge in [-0.1, -0.05) is 6.92 Å². The first-order valence-electron chi connectivity index (χ1n) is 5.58. The van der Waals surface area contributed by atoms with Crippen molar-refractivity contribution in [3.05, 3.63) is 16.6 Å². The zero-order valence-corrected chi connectivity index (χ0v) is 10.3. The molecule has 4 nitrogen and oxygen atoms in total. The van der Waals surface area contributed by atoms with E-state index in [0.717, 1.165) is 30.9 Å². The maximum Gasteiger partial charge on any atom is 0.226 e. The molecule has 0 unspecified atom stereocenters. The zero-order chi connectivity index (χ0) is 11.4. The summed E-state index contributed by atoms with van der Waals surface area (Å²) in [6.45, 7) is 4.47. The Balaban J connectivity index is 1.87. The third-order valence-electron chi connectivity index (χ3n) is 3.14. The zero-order valence-electron chi connectivity index (χ0n) is 9.45. The van der Waals surface area contributed by atoms with Crippen molar-refractivity contribution in [2.24, 2.45) is 5.41 Å². The highest BCUT2D eigenvalue weighted by Gasteiger charge is 2.34. The van der Waals surface area contributed by atoms with Gasteiger partial charge >= 0.3 is 0 Å². The van der Waals surface area contributed by atoms with Crippen molar-refractivity contribution in [2.45, 2.75) is 26.3 Å². The monoisotopic (exact) mass is 239 g/mol. The Bertz CT molecular complexity index is 344. The number of carbonyl (C=O) groups excluding carboxylic acids is 1. The Kier molecular flexibility index (Phi) is 3.56. The summed E-state index contributed by atoms with van der Waals surface area (Å²) >= 11 is 1.57. The van der Waals surface area contributed by atoms with E-state index in [1.54, 1.807) is 17.5 Å². The molecular formula is C11H17N3OS. The lowest BCUT2D eigenvalue weighted by molar-refractivity contribution is -0.131. The fourth-order valence-corrected chi connectivity index (χ4v) is 2.47. The summed E-state index contributed by atoms with van der Waals surface area (Å²) in [4.78, 5) is 16.2. The van der Waals surface area contributed by atoms with Gasteiger partial charge in [-0.05, 0) is 25.9 Å². The molecule has 0 bridgehead atoms. The standard InChI is InChI=1S/C11H17N3OS/c1-11(2-4-12-5-3-11)10(15)14-8-9-13-6-7-16-9/h6-7,12H,2-5,8H2,1H3,(H,14,15). The van der Waals surface area contributed by atoms with Crippen LogP contribution in [0.1, 0.15) is 24.8 Å². The van der Waals surface area contributed by atoms with Gasteiger partial charge in [0.1, 0.15) is 5.01 Å². The summed E-state index contributed by atoms with van der Waals surface area (Å²) in [5, 5.41) is 9.14. The maximum atomic E-state index is 12.1. The second-order valence-electron chi connectivity index (χ2n) is 4.42. The highest BCUT2D eigenvalue weighted by molar-refractivity contribution is 7.09. The molecule has 0 saturated carbocycles. The molecule has 1 aromatic heterocycles. The number of nitrogens with one attached hydrogen (secondary N) is 2. The molecule has 16 heavy (non-hydrogen) atoms. The van der Waals surface area contributed by atoms with Gasteiger partial charge in [0, 0.05) is 17.0 Å². The molecule has 0 aliphatic carbocycles. The number of rotatable bonds is 3. The van der Waals surface area contributed by atoms with Crippen LogP contribution in [0.2, 0.25) is 0 Å². The van der Waals surface area contributed by atoms with E-state index < -0.39 is 0 Å². The smallest absolute Gasteiger partial charge is 0.226 e. The van der Waals surface area contributed by atoms with Gasteiger partial charge in [-0.25, -0.2) is 4.98 Å². The van der Waals surface area contributed by atoms with Crippen LogP contribution >= 0.6 is 11.3 Å². The van der Waals surface area contributed by atoms with E-state index in [4.69, 9.17) is 0 Å². The molecule has 2 heterocycles. The van der Waals surface area contributed by atoms with Gasteiger partial charge in [0.15, 0.2) is 0 Å². The van der Waals surface area contributed by atoms with Crippen molar-refractivity contribution >= 4 is 17.2 Å². The van der Waals surface area contributed by atoms with Crippen LogP contribution in [0.3, 0.4) is 0 Å². The Morgan fingerprint density at radius 2 is 2.38 bits per heavy atom. The van der Waals surface area contributed by atoms with Crippen LogP contribution in [0, 0.1) is 5.41 Å². The molecule has 5 heteroatoms. The Morgan fingerprint density at radius 3 is 3.00 bits per heavy atom. The molecular weight excluding hydrogens is 222 g/mol. The molecule has 1 fully saturated rings. The van der Waals surface area contributed by atoms with Crippen molar-refractivity contribution < 1.29 is 4.79 Å². The van der Waals surface area contributed by atoms with Crippen LogP contribution in [0.5, 0.6) is 0 Å². The maximum absolute atomic E-state index is 12.1. The molecule has 1 saturated heterocycles. The first-order chi connectivity index (χ1) is 7.71. The van der Waals surface area contributed by atoms with E-state index in [9.17, 15) is 4.79 Å². The fraction of sp³-hybridized carbons (Fsp3) is 0.636. The Hall–Kier alpha value is -0.940. The van der Waals surface area contributed by atoms with Crippen LogP contribution in [-0.4, -0.2) is 24.0 Å². The van der Waals surface area contributed by atoms with E-state index in [0.29, 0.717) is 6.54 Å². The number of piperidine rings is 1. The van der Waals surface area contributed by atoms with Crippen molar-refractivity contribution in [1.82, 2.24) is 15.6 Å². The van der Waals surface area contributed by atoms with Crippen molar-refractivity contribution in [2.75, 3.05) is 13.1 Å².